The van der Waals surface area contributed by atoms with Crippen LogP contribution in [0.1, 0.15) is 11.4 Å². The van der Waals surface area contributed by atoms with Crippen molar-refractivity contribution in [2.24, 2.45) is 0 Å². The molecule has 5 nitrogen and oxygen atoms in total. The van der Waals surface area contributed by atoms with Gasteiger partial charge in [-0.05, 0) is 19.9 Å². The molecule has 0 saturated carbocycles. The van der Waals surface area contributed by atoms with Crippen LogP contribution in [0.4, 0.5) is 5.95 Å². The largest absolute Gasteiger partial charge is 0.481 e. The van der Waals surface area contributed by atoms with Crippen molar-refractivity contribution >= 4 is 23.7 Å². The number of aliphatic carboxylic acids is 1. The summed E-state index contributed by atoms with van der Waals surface area (Å²) in [6.07, 6.45) is 0. The monoisotopic (exact) mass is 227 g/mol. The molecule has 0 spiro atoms. The lowest BCUT2D eigenvalue weighted by Gasteiger charge is -2.05. The van der Waals surface area contributed by atoms with Crippen molar-refractivity contribution in [1.29, 1.82) is 0 Å². The Balaban J connectivity index is 2.40. The van der Waals surface area contributed by atoms with Gasteiger partial charge < -0.3 is 10.4 Å². The first kappa shape index (κ1) is 11.8. The summed E-state index contributed by atoms with van der Waals surface area (Å²) in [6, 6.07) is 1.88. The molecule has 1 heterocycles. The minimum atomic E-state index is -0.817. The zero-order valence-corrected chi connectivity index (χ0v) is 9.47. The van der Waals surface area contributed by atoms with Crippen LogP contribution in [-0.2, 0) is 4.79 Å². The molecule has 1 aromatic heterocycles. The zero-order chi connectivity index (χ0) is 11.3. The highest BCUT2D eigenvalue weighted by Crippen LogP contribution is 2.06. The van der Waals surface area contributed by atoms with Gasteiger partial charge in [0.2, 0.25) is 5.95 Å². The zero-order valence-electron chi connectivity index (χ0n) is 8.65. The van der Waals surface area contributed by atoms with E-state index in [9.17, 15) is 4.79 Å². The molecule has 0 fully saturated rings. The van der Waals surface area contributed by atoms with Crippen LogP contribution in [0.15, 0.2) is 6.07 Å². The van der Waals surface area contributed by atoms with Crippen LogP contribution in [0.25, 0.3) is 0 Å². The molecular weight excluding hydrogens is 214 g/mol. The number of carboxylic acids is 1. The molecule has 1 aromatic rings. The van der Waals surface area contributed by atoms with E-state index in [4.69, 9.17) is 5.11 Å². The molecule has 0 unspecified atom stereocenters. The Morgan fingerprint density at radius 2 is 2.07 bits per heavy atom. The quantitative estimate of drug-likeness (QED) is 0.583. The predicted octanol–water partition coefficient (Wildman–Crippen LogP) is 1.28. The van der Waals surface area contributed by atoms with Crippen LogP contribution < -0.4 is 5.32 Å². The van der Waals surface area contributed by atoms with E-state index >= 15 is 0 Å². The van der Waals surface area contributed by atoms with E-state index in [1.165, 1.54) is 11.8 Å². The maximum Gasteiger partial charge on any atom is 0.313 e. The van der Waals surface area contributed by atoms with Crippen molar-refractivity contribution in [3.8, 4) is 0 Å². The molecule has 15 heavy (non-hydrogen) atoms. The molecule has 0 bridgehead atoms. The van der Waals surface area contributed by atoms with Crippen molar-refractivity contribution in [2.75, 3.05) is 16.9 Å². The van der Waals surface area contributed by atoms with Crippen molar-refractivity contribution in [1.82, 2.24) is 9.97 Å². The highest BCUT2D eigenvalue weighted by molar-refractivity contribution is 8.00. The molecule has 0 aromatic carbocycles. The first-order valence-corrected chi connectivity index (χ1v) is 5.59. The summed E-state index contributed by atoms with van der Waals surface area (Å²) >= 11 is 1.28. The Kier molecular flexibility index (Phi) is 4.36. The van der Waals surface area contributed by atoms with Crippen LogP contribution in [0.5, 0.6) is 0 Å². The minimum absolute atomic E-state index is 0.0811. The smallest absolute Gasteiger partial charge is 0.313 e. The summed E-state index contributed by atoms with van der Waals surface area (Å²) in [5.41, 5.74) is 1.79. The van der Waals surface area contributed by atoms with E-state index in [0.717, 1.165) is 11.4 Å². The molecule has 0 saturated heterocycles. The summed E-state index contributed by atoms with van der Waals surface area (Å²) in [4.78, 5) is 18.6. The number of aryl methyl sites for hydroxylation is 2. The number of anilines is 1. The molecule has 0 aliphatic carbocycles. The normalized spacial score (nSPS) is 10.0. The number of nitrogens with zero attached hydrogens (tertiary/aromatic N) is 2. The van der Waals surface area contributed by atoms with Gasteiger partial charge in [0.1, 0.15) is 0 Å². The molecule has 0 aliphatic heterocycles. The van der Waals surface area contributed by atoms with Crippen molar-refractivity contribution in [2.45, 2.75) is 13.8 Å². The number of nitrogens with one attached hydrogen (secondary N) is 1. The van der Waals surface area contributed by atoms with Gasteiger partial charge in [-0.25, -0.2) is 9.97 Å². The number of carbonyl (C=O) groups is 1. The minimum Gasteiger partial charge on any atom is -0.481 e. The molecule has 0 atom stereocenters. The fourth-order valence-electron chi connectivity index (χ4n) is 1.06. The number of hydrogen-bond acceptors (Lipinski definition) is 5. The fraction of sp³-hybridized carbons (Fsp3) is 0.444. The first-order chi connectivity index (χ1) is 7.08. The second-order valence-electron chi connectivity index (χ2n) is 3.04. The summed E-state index contributed by atoms with van der Waals surface area (Å²) in [7, 11) is 0. The van der Waals surface area contributed by atoms with Crippen molar-refractivity contribution in [3.63, 3.8) is 0 Å². The lowest BCUT2D eigenvalue weighted by Crippen LogP contribution is -2.07. The molecule has 6 heteroatoms. The topological polar surface area (TPSA) is 75.1 Å². The molecule has 82 valence electrons. The van der Waals surface area contributed by atoms with Gasteiger partial charge in [0.15, 0.2) is 0 Å². The third-order valence-electron chi connectivity index (χ3n) is 1.54. The summed E-state index contributed by atoms with van der Waals surface area (Å²) in [5.74, 6) is 0.307. The molecule has 1 rings (SSSR count). The van der Waals surface area contributed by atoms with Crippen LogP contribution in [0.3, 0.4) is 0 Å². The van der Waals surface area contributed by atoms with E-state index in [1.807, 2.05) is 19.9 Å². The first-order valence-electron chi connectivity index (χ1n) is 4.43. The van der Waals surface area contributed by atoms with Gasteiger partial charge in [0, 0.05) is 11.4 Å². The third-order valence-corrected chi connectivity index (χ3v) is 2.34. The van der Waals surface area contributed by atoms with Crippen molar-refractivity contribution < 1.29 is 9.90 Å². The Hall–Kier alpha value is -1.30. The maximum absolute atomic E-state index is 10.2. The highest BCUT2D eigenvalue weighted by Gasteiger charge is 2.00. The van der Waals surface area contributed by atoms with Gasteiger partial charge in [-0.1, -0.05) is 0 Å². The molecule has 0 amide bonds. The SMILES string of the molecule is Cc1cc(C)nc(NCSCC(=O)O)n1. The summed E-state index contributed by atoms with van der Waals surface area (Å²) in [5, 5.41) is 11.4. The Morgan fingerprint density at radius 1 is 1.47 bits per heavy atom. The van der Waals surface area contributed by atoms with Gasteiger partial charge in [-0.15, -0.1) is 11.8 Å². The van der Waals surface area contributed by atoms with Crippen LogP contribution in [0, 0.1) is 13.8 Å². The number of thioether (sulfide) groups is 1. The summed E-state index contributed by atoms with van der Waals surface area (Å²) in [6.45, 7) is 3.79. The van der Waals surface area contributed by atoms with Gasteiger partial charge in [0.05, 0.1) is 11.6 Å². The van der Waals surface area contributed by atoms with Crippen LogP contribution in [0.2, 0.25) is 0 Å². The van der Waals surface area contributed by atoms with E-state index in [1.54, 1.807) is 0 Å². The Morgan fingerprint density at radius 3 is 2.60 bits per heavy atom. The van der Waals surface area contributed by atoms with Crippen molar-refractivity contribution in [3.05, 3.63) is 17.5 Å². The predicted molar refractivity (Wildman–Crippen MR) is 60.1 cm³/mol. The van der Waals surface area contributed by atoms with E-state index in [-0.39, 0.29) is 5.75 Å². The third kappa shape index (κ3) is 4.64. The number of aromatic nitrogens is 2. The lowest BCUT2D eigenvalue weighted by molar-refractivity contribution is -0.133. The number of rotatable bonds is 5. The lowest BCUT2D eigenvalue weighted by atomic mass is 10.4. The highest BCUT2D eigenvalue weighted by atomic mass is 32.2. The van der Waals surface area contributed by atoms with E-state index in [0.29, 0.717) is 11.8 Å². The molecular formula is C9H13N3O2S. The second kappa shape index (κ2) is 5.55. The van der Waals surface area contributed by atoms with Gasteiger partial charge >= 0.3 is 5.97 Å². The average Bonchev–Trinajstić information content (AvgIpc) is 2.10. The van der Waals surface area contributed by atoms with Crippen LogP contribution in [-0.4, -0.2) is 32.7 Å². The average molecular weight is 227 g/mol. The maximum atomic E-state index is 10.2. The molecule has 0 aliphatic rings. The molecule has 2 N–H and O–H groups in total. The second-order valence-corrected chi connectivity index (χ2v) is 4.02. The Labute approximate surface area is 92.3 Å². The van der Waals surface area contributed by atoms with E-state index < -0.39 is 5.97 Å². The summed E-state index contributed by atoms with van der Waals surface area (Å²) < 4.78 is 0. The number of carboxylic acid groups (broad SMARTS) is 1. The molecule has 0 radical (unpaired) electrons. The Bertz CT molecular complexity index is 337. The van der Waals surface area contributed by atoms with Gasteiger partial charge in [-0.3, -0.25) is 4.79 Å². The van der Waals surface area contributed by atoms with Gasteiger partial charge in [-0.2, -0.15) is 0 Å². The fourth-order valence-corrected chi connectivity index (χ4v) is 1.57. The number of hydrogen-bond donors (Lipinski definition) is 2. The standard InChI is InChI=1S/C9H13N3O2S/c1-6-3-7(2)12-9(11-6)10-5-15-4-8(13)14/h3H,4-5H2,1-2H3,(H,13,14)(H,10,11,12). The van der Waals surface area contributed by atoms with Crippen LogP contribution >= 0.6 is 11.8 Å². The van der Waals surface area contributed by atoms with E-state index in [2.05, 4.69) is 15.3 Å². The van der Waals surface area contributed by atoms with Gasteiger partial charge in [0.25, 0.3) is 0 Å².